The molecule has 2 N–H and O–H groups in total. The molecule has 7 nitrogen and oxygen atoms in total. The highest BCUT2D eigenvalue weighted by molar-refractivity contribution is 6.30. The first-order chi connectivity index (χ1) is 15.9. The van der Waals surface area contributed by atoms with E-state index in [0.29, 0.717) is 55.2 Å². The number of hydrogen-bond donors (Lipinski definition) is 2. The molecule has 1 atom stereocenters. The average molecular weight is 472 g/mol. The summed E-state index contributed by atoms with van der Waals surface area (Å²) >= 11 is 5.92. The molecule has 2 aromatic carbocycles. The van der Waals surface area contributed by atoms with Crippen molar-refractivity contribution in [3.63, 3.8) is 0 Å². The zero-order valence-corrected chi connectivity index (χ0v) is 19.7. The standard InChI is InChI=1S/C25H30ClN3O4/c1-17-5-3-4-6-21(17)23(30)28-22(24(31)27-13-16-33-2)18-11-14-29(15-12-18)25(32)19-7-9-20(26)10-8-19/h3-10,18,22H,11-16H2,1-2H3,(H,27,31)(H,28,30)/t22-/m1/s1. The van der Waals surface area contributed by atoms with Crippen LogP contribution in [0, 0.1) is 12.8 Å². The van der Waals surface area contributed by atoms with Crippen LogP contribution in [-0.4, -0.2) is 62.0 Å². The molecule has 33 heavy (non-hydrogen) atoms. The van der Waals surface area contributed by atoms with Crippen molar-refractivity contribution in [3.05, 3.63) is 70.2 Å². The Bertz CT molecular complexity index is 972. The number of methoxy groups -OCH3 is 1. The second-order valence-corrected chi connectivity index (χ2v) is 8.62. The average Bonchev–Trinajstić information content (AvgIpc) is 2.83. The largest absolute Gasteiger partial charge is 0.383 e. The topological polar surface area (TPSA) is 87.7 Å². The molecular formula is C25H30ClN3O4. The van der Waals surface area contributed by atoms with Crippen molar-refractivity contribution in [3.8, 4) is 0 Å². The second kappa shape index (κ2) is 11.8. The van der Waals surface area contributed by atoms with Crippen LogP contribution in [-0.2, 0) is 9.53 Å². The van der Waals surface area contributed by atoms with E-state index in [1.54, 1.807) is 48.4 Å². The first-order valence-electron chi connectivity index (χ1n) is 11.1. The van der Waals surface area contributed by atoms with E-state index < -0.39 is 6.04 Å². The molecule has 1 fully saturated rings. The van der Waals surface area contributed by atoms with Gasteiger partial charge in [-0.05, 0) is 61.6 Å². The number of aryl methyl sites for hydroxylation is 1. The van der Waals surface area contributed by atoms with E-state index in [1.807, 2.05) is 19.1 Å². The lowest BCUT2D eigenvalue weighted by Crippen LogP contribution is -2.54. The van der Waals surface area contributed by atoms with Crippen molar-refractivity contribution < 1.29 is 19.1 Å². The van der Waals surface area contributed by atoms with E-state index in [2.05, 4.69) is 10.6 Å². The third-order valence-corrected chi connectivity index (χ3v) is 6.21. The number of halogens is 1. The van der Waals surface area contributed by atoms with Gasteiger partial charge in [-0.3, -0.25) is 14.4 Å². The minimum atomic E-state index is -0.693. The summed E-state index contributed by atoms with van der Waals surface area (Å²) < 4.78 is 5.02. The maximum Gasteiger partial charge on any atom is 0.253 e. The molecule has 0 unspecified atom stereocenters. The highest BCUT2D eigenvalue weighted by Crippen LogP contribution is 2.23. The molecule has 0 saturated carbocycles. The maximum atomic E-state index is 13.0. The number of ether oxygens (including phenoxy) is 1. The molecule has 1 aliphatic heterocycles. The van der Waals surface area contributed by atoms with Gasteiger partial charge in [-0.15, -0.1) is 0 Å². The van der Waals surface area contributed by atoms with E-state index in [9.17, 15) is 14.4 Å². The van der Waals surface area contributed by atoms with Gasteiger partial charge in [0.25, 0.3) is 11.8 Å². The van der Waals surface area contributed by atoms with Gasteiger partial charge < -0.3 is 20.3 Å². The van der Waals surface area contributed by atoms with Gasteiger partial charge in [-0.2, -0.15) is 0 Å². The number of amides is 3. The summed E-state index contributed by atoms with van der Waals surface area (Å²) in [5.41, 5.74) is 1.97. The van der Waals surface area contributed by atoms with Gasteiger partial charge in [0.2, 0.25) is 5.91 Å². The van der Waals surface area contributed by atoms with Crippen LogP contribution in [0.1, 0.15) is 39.1 Å². The fraction of sp³-hybridized carbons (Fsp3) is 0.400. The molecule has 0 radical (unpaired) electrons. The van der Waals surface area contributed by atoms with Gasteiger partial charge in [-0.1, -0.05) is 29.8 Å². The molecule has 0 spiro atoms. The molecular weight excluding hydrogens is 442 g/mol. The van der Waals surface area contributed by atoms with Crippen LogP contribution in [0.4, 0.5) is 0 Å². The van der Waals surface area contributed by atoms with Crippen molar-refractivity contribution in [2.45, 2.75) is 25.8 Å². The van der Waals surface area contributed by atoms with Crippen LogP contribution >= 0.6 is 11.6 Å². The highest BCUT2D eigenvalue weighted by atomic mass is 35.5. The molecule has 0 aromatic heterocycles. The Balaban J connectivity index is 1.68. The van der Waals surface area contributed by atoms with Gasteiger partial charge in [0.05, 0.1) is 6.61 Å². The Hall–Kier alpha value is -2.90. The van der Waals surface area contributed by atoms with Gasteiger partial charge in [0, 0.05) is 42.9 Å². The van der Waals surface area contributed by atoms with E-state index >= 15 is 0 Å². The molecule has 176 valence electrons. The Kier molecular flexibility index (Phi) is 8.86. The summed E-state index contributed by atoms with van der Waals surface area (Å²) in [6.07, 6.45) is 1.21. The summed E-state index contributed by atoms with van der Waals surface area (Å²) in [4.78, 5) is 40.5. The number of carbonyl (C=O) groups is 3. The highest BCUT2D eigenvalue weighted by Gasteiger charge is 2.34. The lowest BCUT2D eigenvalue weighted by molar-refractivity contribution is -0.124. The van der Waals surface area contributed by atoms with Crippen LogP contribution in [0.5, 0.6) is 0 Å². The fourth-order valence-corrected chi connectivity index (χ4v) is 4.17. The van der Waals surface area contributed by atoms with Crippen LogP contribution in [0.15, 0.2) is 48.5 Å². The minimum absolute atomic E-state index is 0.0600. The van der Waals surface area contributed by atoms with E-state index in [-0.39, 0.29) is 23.6 Å². The summed E-state index contributed by atoms with van der Waals surface area (Å²) in [5, 5.41) is 6.37. The SMILES string of the molecule is COCCNC(=O)[C@H](NC(=O)c1ccccc1C)C1CCN(C(=O)c2ccc(Cl)cc2)CC1. The smallest absolute Gasteiger partial charge is 0.253 e. The quantitative estimate of drug-likeness (QED) is 0.579. The van der Waals surface area contributed by atoms with Gasteiger partial charge in [0.15, 0.2) is 0 Å². The molecule has 1 heterocycles. The Labute approximate surface area is 199 Å². The van der Waals surface area contributed by atoms with Crippen LogP contribution < -0.4 is 10.6 Å². The Morgan fingerprint density at radius 3 is 2.39 bits per heavy atom. The van der Waals surface area contributed by atoms with E-state index in [4.69, 9.17) is 16.3 Å². The predicted octanol–water partition coefficient (Wildman–Crippen LogP) is 3.06. The Morgan fingerprint density at radius 2 is 1.76 bits per heavy atom. The fourth-order valence-electron chi connectivity index (χ4n) is 4.04. The second-order valence-electron chi connectivity index (χ2n) is 8.19. The normalized spacial score (nSPS) is 15.1. The lowest BCUT2D eigenvalue weighted by Gasteiger charge is -2.36. The van der Waals surface area contributed by atoms with E-state index in [1.165, 1.54) is 0 Å². The van der Waals surface area contributed by atoms with Crippen molar-refractivity contribution in [1.82, 2.24) is 15.5 Å². The molecule has 1 saturated heterocycles. The number of benzene rings is 2. The Morgan fingerprint density at radius 1 is 1.09 bits per heavy atom. The van der Waals surface area contributed by atoms with Crippen LogP contribution in [0.3, 0.4) is 0 Å². The molecule has 0 bridgehead atoms. The van der Waals surface area contributed by atoms with Crippen molar-refractivity contribution >= 4 is 29.3 Å². The summed E-state index contributed by atoms with van der Waals surface area (Å²) in [7, 11) is 1.57. The van der Waals surface area contributed by atoms with Crippen LogP contribution in [0.2, 0.25) is 5.02 Å². The summed E-state index contributed by atoms with van der Waals surface area (Å²) in [6.45, 7) is 3.63. The number of piperidine rings is 1. The number of nitrogens with one attached hydrogen (secondary N) is 2. The van der Waals surface area contributed by atoms with Crippen molar-refractivity contribution in [2.24, 2.45) is 5.92 Å². The summed E-state index contributed by atoms with van der Waals surface area (Å²) in [6, 6.07) is 13.4. The lowest BCUT2D eigenvalue weighted by atomic mass is 9.88. The van der Waals surface area contributed by atoms with Gasteiger partial charge >= 0.3 is 0 Å². The molecule has 8 heteroatoms. The zero-order valence-electron chi connectivity index (χ0n) is 19.0. The van der Waals surface area contributed by atoms with E-state index in [0.717, 1.165) is 5.56 Å². The number of likely N-dealkylation sites (tertiary alicyclic amines) is 1. The molecule has 2 aromatic rings. The molecule has 1 aliphatic rings. The monoisotopic (exact) mass is 471 g/mol. The van der Waals surface area contributed by atoms with Crippen LogP contribution in [0.25, 0.3) is 0 Å². The summed E-state index contributed by atoms with van der Waals surface area (Å²) in [5.74, 6) is -0.666. The number of rotatable bonds is 8. The van der Waals surface area contributed by atoms with Gasteiger partial charge in [-0.25, -0.2) is 0 Å². The van der Waals surface area contributed by atoms with Crippen molar-refractivity contribution in [1.29, 1.82) is 0 Å². The van der Waals surface area contributed by atoms with Crippen molar-refractivity contribution in [2.75, 3.05) is 33.4 Å². The molecule has 3 rings (SSSR count). The molecule has 3 amide bonds. The third kappa shape index (κ3) is 6.55. The zero-order chi connectivity index (χ0) is 23.8. The number of nitrogens with zero attached hydrogens (tertiary/aromatic N) is 1. The number of hydrogen-bond acceptors (Lipinski definition) is 4. The first kappa shape index (κ1) is 24.7. The predicted molar refractivity (Wildman–Crippen MR) is 127 cm³/mol. The number of carbonyl (C=O) groups excluding carboxylic acids is 3. The third-order valence-electron chi connectivity index (χ3n) is 5.95. The maximum absolute atomic E-state index is 13.0. The van der Waals surface area contributed by atoms with Gasteiger partial charge in [0.1, 0.15) is 6.04 Å². The first-order valence-corrected chi connectivity index (χ1v) is 11.5. The minimum Gasteiger partial charge on any atom is -0.383 e. The molecule has 0 aliphatic carbocycles.